The lowest BCUT2D eigenvalue weighted by molar-refractivity contribution is -0.131. The highest BCUT2D eigenvalue weighted by Gasteiger charge is 2.48. The van der Waals surface area contributed by atoms with Crippen LogP contribution in [0.5, 0.6) is 5.75 Å². The van der Waals surface area contributed by atoms with Crippen LogP contribution < -0.4 is 4.74 Å². The Morgan fingerprint density at radius 2 is 1.88 bits per heavy atom. The van der Waals surface area contributed by atoms with Crippen LogP contribution in [0.4, 0.5) is 0 Å². The molecule has 2 saturated heterocycles. The average Bonchev–Trinajstić information content (AvgIpc) is 3.18. The Balaban J connectivity index is 1.51. The summed E-state index contributed by atoms with van der Waals surface area (Å²) in [6.45, 7) is 0.697. The number of rotatable bonds is 8. The normalized spacial score (nSPS) is 28.8. The average molecular weight is 328 g/mol. The smallest absolute Gasteiger partial charge is 0.327 e. The summed E-state index contributed by atoms with van der Waals surface area (Å²) in [4.78, 5) is 10.4. The third-order valence-corrected chi connectivity index (χ3v) is 4.88. The van der Waals surface area contributed by atoms with Gasteiger partial charge in [-0.05, 0) is 43.7 Å². The summed E-state index contributed by atoms with van der Waals surface area (Å²) in [5, 5.41) is 8.56. The summed E-state index contributed by atoms with van der Waals surface area (Å²) < 4.78 is 12.1. The third kappa shape index (κ3) is 4.26. The summed E-state index contributed by atoms with van der Waals surface area (Å²) in [6.07, 6.45) is 11.6. The molecule has 0 aromatic heterocycles. The van der Waals surface area contributed by atoms with Crippen molar-refractivity contribution >= 4 is 5.97 Å². The topological polar surface area (TPSA) is 55.8 Å². The molecule has 0 spiro atoms. The van der Waals surface area contributed by atoms with Gasteiger partial charge in [-0.25, -0.2) is 4.79 Å². The molecule has 128 valence electrons. The first-order valence-corrected chi connectivity index (χ1v) is 8.62. The molecular weight excluding hydrogens is 304 g/mol. The molecule has 2 fully saturated rings. The minimum Gasteiger partial charge on any atom is -0.493 e. The zero-order valence-electron chi connectivity index (χ0n) is 13.7. The van der Waals surface area contributed by atoms with Crippen molar-refractivity contribution in [2.45, 2.75) is 37.9 Å². The van der Waals surface area contributed by atoms with Crippen molar-refractivity contribution in [3.63, 3.8) is 0 Å². The number of carbonyl (C=O) groups is 1. The number of carboxylic acids is 1. The van der Waals surface area contributed by atoms with Gasteiger partial charge in [0.05, 0.1) is 18.8 Å². The molecular formula is C20H24O4. The predicted molar refractivity (Wildman–Crippen MR) is 92.0 cm³/mol. The monoisotopic (exact) mass is 328 g/mol. The van der Waals surface area contributed by atoms with Gasteiger partial charge >= 0.3 is 5.97 Å². The second-order valence-corrected chi connectivity index (χ2v) is 6.43. The molecule has 4 heteroatoms. The van der Waals surface area contributed by atoms with E-state index in [0.29, 0.717) is 37.1 Å². The van der Waals surface area contributed by atoms with Gasteiger partial charge in [0.1, 0.15) is 5.75 Å². The second kappa shape index (κ2) is 8.15. The molecule has 2 heterocycles. The van der Waals surface area contributed by atoms with Crippen LogP contribution in [0, 0.1) is 11.8 Å². The van der Waals surface area contributed by atoms with Crippen molar-refractivity contribution in [1.29, 1.82) is 0 Å². The SMILES string of the molecule is O=C(O)C=CCC=CC[C@H]1[C@@H](COc2ccccc2)[C@H]2CC[C@@H]1O2. The first-order chi connectivity index (χ1) is 11.7. The highest BCUT2D eigenvalue weighted by Crippen LogP contribution is 2.45. The van der Waals surface area contributed by atoms with E-state index in [1.807, 2.05) is 36.4 Å². The lowest BCUT2D eigenvalue weighted by Gasteiger charge is -2.27. The Morgan fingerprint density at radius 3 is 2.62 bits per heavy atom. The molecule has 0 radical (unpaired) electrons. The van der Waals surface area contributed by atoms with Crippen LogP contribution in [0.25, 0.3) is 0 Å². The number of hydrogen-bond donors (Lipinski definition) is 1. The second-order valence-electron chi connectivity index (χ2n) is 6.43. The maximum absolute atomic E-state index is 10.4. The number of hydrogen-bond acceptors (Lipinski definition) is 3. The van der Waals surface area contributed by atoms with Crippen molar-refractivity contribution in [2.24, 2.45) is 11.8 Å². The van der Waals surface area contributed by atoms with Crippen molar-refractivity contribution in [1.82, 2.24) is 0 Å². The van der Waals surface area contributed by atoms with E-state index in [-0.39, 0.29) is 0 Å². The summed E-state index contributed by atoms with van der Waals surface area (Å²) >= 11 is 0. The summed E-state index contributed by atoms with van der Waals surface area (Å²) in [6, 6.07) is 9.92. The maximum Gasteiger partial charge on any atom is 0.327 e. The van der Waals surface area contributed by atoms with Gasteiger partial charge in [0.15, 0.2) is 0 Å². The Hall–Kier alpha value is -2.07. The minimum atomic E-state index is -0.900. The molecule has 1 N–H and O–H groups in total. The van der Waals surface area contributed by atoms with E-state index in [9.17, 15) is 4.79 Å². The summed E-state index contributed by atoms with van der Waals surface area (Å²) in [5.41, 5.74) is 0. The van der Waals surface area contributed by atoms with Gasteiger partial charge in [-0.2, -0.15) is 0 Å². The van der Waals surface area contributed by atoms with E-state index in [1.165, 1.54) is 6.08 Å². The molecule has 2 bridgehead atoms. The fraction of sp³-hybridized carbons (Fsp3) is 0.450. The van der Waals surface area contributed by atoms with E-state index in [2.05, 4.69) is 6.08 Å². The highest BCUT2D eigenvalue weighted by atomic mass is 16.5. The number of benzene rings is 1. The van der Waals surface area contributed by atoms with Gasteiger partial charge in [-0.15, -0.1) is 0 Å². The number of aliphatic carboxylic acids is 1. The largest absolute Gasteiger partial charge is 0.493 e. The van der Waals surface area contributed by atoms with Crippen molar-refractivity contribution in [3.05, 3.63) is 54.6 Å². The van der Waals surface area contributed by atoms with Crippen LogP contribution in [0.15, 0.2) is 54.6 Å². The zero-order valence-corrected chi connectivity index (χ0v) is 13.7. The number of fused-ring (bicyclic) bond motifs is 2. The molecule has 1 aromatic carbocycles. The molecule has 0 aliphatic carbocycles. The first-order valence-electron chi connectivity index (χ1n) is 8.62. The van der Waals surface area contributed by atoms with Crippen molar-refractivity contribution in [3.8, 4) is 5.75 Å². The lowest BCUT2D eigenvalue weighted by Crippen LogP contribution is -2.31. The lowest BCUT2D eigenvalue weighted by atomic mass is 9.78. The number of ether oxygens (including phenoxy) is 2. The van der Waals surface area contributed by atoms with E-state index in [4.69, 9.17) is 14.6 Å². The van der Waals surface area contributed by atoms with E-state index < -0.39 is 5.97 Å². The molecule has 24 heavy (non-hydrogen) atoms. The Kier molecular flexibility index (Phi) is 5.70. The molecule has 0 amide bonds. The Labute approximate surface area is 142 Å². The third-order valence-electron chi connectivity index (χ3n) is 4.88. The van der Waals surface area contributed by atoms with Crippen LogP contribution in [-0.2, 0) is 9.53 Å². The van der Waals surface area contributed by atoms with E-state index >= 15 is 0 Å². The van der Waals surface area contributed by atoms with Crippen molar-refractivity contribution in [2.75, 3.05) is 6.61 Å². The highest BCUT2D eigenvalue weighted by molar-refractivity contribution is 5.79. The molecule has 4 nitrogen and oxygen atoms in total. The van der Waals surface area contributed by atoms with E-state index in [1.54, 1.807) is 6.08 Å². The van der Waals surface area contributed by atoms with Gasteiger partial charge in [0.2, 0.25) is 0 Å². The van der Waals surface area contributed by atoms with Crippen LogP contribution in [0.2, 0.25) is 0 Å². The molecule has 1 aromatic rings. The van der Waals surface area contributed by atoms with Crippen molar-refractivity contribution < 1.29 is 19.4 Å². The standard InChI is InChI=1S/C20H24O4/c21-20(22)11-7-2-1-6-10-16-17(19-13-12-18(16)24-19)14-23-15-8-4-3-5-9-15/h1,3-9,11,16-19H,2,10,12-14H2,(H,21,22)/t16-,17+,18-,19+/m0/s1. The van der Waals surface area contributed by atoms with Gasteiger partial charge in [0, 0.05) is 12.0 Å². The Bertz CT molecular complexity index is 593. The first kappa shape index (κ1) is 16.8. The zero-order chi connectivity index (χ0) is 16.8. The minimum absolute atomic E-state index is 0.323. The Morgan fingerprint density at radius 1 is 1.12 bits per heavy atom. The van der Waals surface area contributed by atoms with Gasteiger partial charge in [-0.3, -0.25) is 0 Å². The fourth-order valence-electron chi connectivity index (χ4n) is 3.73. The quantitative estimate of drug-likeness (QED) is 0.582. The maximum atomic E-state index is 10.4. The molecule has 0 unspecified atom stereocenters. The number of para-hydroxylation sites is 1. The van der Waals surface area contributed by atoms with Gasteiger partial charge in [-0.1, -0.05) is 36.4 Å². The molecule has 3 rings (SSSR count). The molecule has 0 saturated carbocycles. The molecule has 2 aliphatic heterocycles. The molecule has 2 aliphatic rings. The summed E-state index contributed by atoms with van der Waals surface area (Å²) in [7, 11) is 0. The fourth-order valence-corrected chi connectivity index (χ4v) is 3.73. The van der Waals surface area contributed by atoms with Gasteiger partial charge in [0.25, 0.3) is 0 Å². The van der Waals surface area contributed by atoms with Crippen LogP contribution in [0.1, 0.15) is 25.7 Å². The van der Waals surface area contributed by atoms with E-state index in [0.717, 1.165) is 25.0 Å². The van der Waals surface area contributed by atoms with Crippen LogP contribution in [0.3, 0.4) is 0 Å². The van der Waals surface area contributed by atoms with Gasteiger partial charge < -0.3 is 14.6 Å². The van der Waals surface area contributed by atoms with Crippen LogP contribution >= 0.6 is 0 Å². The number of carboxylic acid groups (broad SMARTS) is 1. The predicted octanol–water partition coefficient (Wildman–Crippen LogP) is 3.84. The van der Waals surface area contributed by atoms with Crippen LogP contribution in [-0.4, -0.2) is 29.9 Å². The number of allylic oxidation sites excluding steroid dienone is 3. The summed E-state index contributed by atoms with van der Waals surface area (Å²) in [5.74, 6) is 0.937. The molecule has 4 atom stereocenters.